The molecule has 0 radical (unpaired) electrons. The van der Waals surface area contributed by atoms with Gasteiger partial charge in [-0.3, -0.25) is 14.9 Å². The lowest BCUT2D eigenvalue weighted by Crippen LogP contribution is -2.52. The minimum atomic E-state index is -1.24. The number of ether oxygens (including phenoxy) is 1. The number of methoxy groups -OCH3 is 1. The molecule has 1 fully saturated rings. The lowest BCUT2D eigenvalue weighted by molar-refractivity contribution is -0.143. The van der Waals surface area contributed by atoms with Gasteiger partial charge < -0.3 is 9.84 Å². The Kier molecular flexibility index (Phi) is 5.98. The standard InChI is InChI=1S/C21H19NO4S2/c1-26-20(25)15-12-21(16(22-15)19(23)24,17(27)13-8-4-2-5-9-13)18(28)14-10-6-3-7-11-14/h2-11,15-16,22H,12H2,1H3,(H,23,24). The van der Waals surface area contributed by atoms with Gasteiger partial charge in [0.1, 0.15) is 12.1 Å². The van der Waals surface area contributed by atoms with Crippen LogP contribution in [0.5, 0.6) is 0 Å². The third-order valence-corrected chi connectivity index (χ3v) is 6.20. The first kappa shape index (κ1) is 20.3. The van der Waals surface area contributed by atoms with E-state index in [1.165, 1.54) is 7.11 Å². The number of carbonyl (C=O) groups is 2. The molecule has 1 aliphatic heterocycles. The fraction of sp³-hybridized carbons (Fsp3) is 0.238. The summed E-state index contributed by atoms with van der Waals surface area (Å²) in [6, 6.07) is 16.3. The smallest absolute Gasteiger partial charge is 0.322 e. The Balaban J connectivity index is 2.18. The van der Waals surface area contributed by atoms with E-state index in [-0.39, 0.29) is 6.42 Å². The van der Waals surface area contributed by atoms with Crippen LogP contribution in [0.1, 0.15) is 17.5 Å². The number of thiocarbonyl (C=S) groups is 2. The maximum Gasteiger partial charge on any atom is 0.322 e. The molecule has 2 atom stereocenters. The molecular formula is C21H19NO4S2. The van der Waals surface area contributed by atoms with Crippen LogP contribution in [0.2, 0.25) is 0 Å². The molecule has 1 aliphatic rings. The lowest BCUT2D eigenvalue weighted by atomic mass is 9.70. The highest BCUT2D eigenvalue weighted by molar-refractivity contribution is 7.82. The van der Waals surface area contributed by atoms with Crippen LogP contribution >= 0.6 is 24.4 Å². The van der Waals surface area contributed by atoms with Gasteiger partial charge in [-0.2, -0.15) is 0 Å². The number of nitrogens with one attached hydrogen (secondary N) is 1. The molecular weight excluding hydrogens is 394 g/mol. The predicted octanol–water partition coefficient (Wildman–Crippen LogP) is 2.80. The summed E-state index contributed by atoms with van der Waals surface area (Å²) in [6.45, 7) is 0. The summed E-state index contributed by atoms with van der Waals surface area (Å²) in [7, 11) is 1.27. The number of hydrogen-bond acceptors (Lipinski definition) is 6. The molecule has 0 saturated carbocycles. The van der Waals surface area contributed by atoms with Crippen molar-refractivity contribution < 1.29 is 19.4 Å². The second kappa shape index (κ2) is 8.26. The number of carbonyl (C=O) groups excluding carboxylic acids is 1. The van der Waals surface area contributed by atoms with Crippen molar-refractivity contribution in [2.45, 2.75) is 18.5 Å². The lowest BCUT2D eigenvalue weighted by Gasteiger charge is -2.35. The molecule has 144 valence electrons. The van der Waals surface area contributed by atoms with E-state index in [2.05, 4.69) is 5.32 Å². The maximum absolute atomic E-state index is 12.2. The van der Waals surface area contributed by atoms with Gasteiger partial charge in [0.05, 0.1) is 12.5 Å². The molecule has 5 nitrogen and oxygen atoms in total. The number of carboxylic acids is 1. The fourth-order valence-corrected chi connectivity index (χ4v) is 4.61. The molecule has 1 saturated heterocycles. The predicted molar refractivity (Wildman–Crippen MR) is 114 cm³/mol. The van der Waals surface area contributed by atoms with Crippen molar-refractivity contribution in [3.8, 4) is 0 Å². The Morgan fingerprint density at radius 1 is 1.00 bits per heavy atom. The van der Waals surface area contributed by atoms with Gasteiger partial charge in [0.15, 0.2) is 0 Å². The molecule has 0 spiro atoms. The first-order chi connectivity index (χ1) is 13.4. The summed E-state index contributed by atoms with van der Waals surface area (Å²) in [4.78, 5) is 25.2. The van der Waals surface area contributed by atoms with E-state index in [0.29, 0.717) is 20.9 Å². The van der Waals surface area contributed by atoms with Crippen LogP contribution < -0.4 is 5.32 Å². The summed E-state index contributed by atoms with van der Waals surface area (Å²) in [5, 5.41) is 12.9. The van der Waals surface area contributed by atoms with Crippen molar-refractivity contribution in [1.82, 2.24) is 5.32 Å². The molecule has 2 unspecified atom stereocenters. The molecule has 0 aromatic heterocycles. The van der Waals surface area contributed by atoms with Crippen molar-refractivity contribution >= 4 is 46.1 Å². The monoisotopic (exact) mass is 413 g/mol. The highest BCUT2D eigenvalue weighted by Gasteiger charge is 2.58. The van der Waals surface area contributed by atoms with Crippen molar-refractivity contribution in [2.75, 3.05) is 7.11 Å². The Morgan fingerprint density at radius 2 is 1.46 bits per heavy atom. The third-order valence-electron chi connectivity index (χ3n) is 5.00. The van der Waals surface area contributed by atoms with Gasteiger partial charge in [-0.05, 0) is 17.5 Å². The quantitative estimate of drug-likeness (QED) is 0.428. The van der Waals surface area contributed by atoms with Gasteiger partial charge in [-0.1, -0.05) is 85.1 Å². The van der Waals surface area contributed by atoms with Gasteiger partial charge in [0, 0.05) is 9.73 Å². The van der Waals surface area contributed by atoms with Gasteiger partial charge in [0.25, 0.3) is 0 Å². The molecule has 28 heavy (non-hydrogen) atoms. The fourth-order valence-electron chi connectivity index (χ4n) is 3.66. The average Bonchev–Trinajstić information content (AvgIpc) is 3.15. The zero-order valence-electron chi connectivity index (χ0n) is 15.1. The van der Waals surface area contributed by atoms with Crippen molar-refractivity contribution in [3.05, 3.63) is 71.8 Å². The summed E-state index contributed by atoms with van der Waals surface area (Å²) in [6.07, 6.45) is 0.109. The summed E-state index contributed by atoms with van der Waals surface area (Å²) >= 11 is 11.6. The van der Waals surface area contributed by atoms with E-state index >= 15 is 0 Å². The van der Waals surface area contributed by atoms with E-state index in [1.54, 1.807) is 0 Å². The van der Waals surface area contributed by atoms with Crippen LogP contribution in [-0.2, 0) is 14.3 Å². The molecule has 0 amide bonds. The zero-order chi connectivity index (χ0) is 20.3. The highest BCUT2D eigenvalue weighted by atomic mass is 32.1. The second-order valence-corrected chi connectivity index (χ2v) is 7.40. The van der Waals surface area contributed by atoms with E-state index < -0.39 is 29.4 Å². The van der Waals surface area contributed by atoms with Gasteiger partial charge in [0.2, 0.25) is 0 Å². The summed E-state index contributed by atoms with van der Waals surface area (Å²) in [5.74, 6) is -1.66. The van der Waals surface area contributed by atoms with Crippen molar-refractivity contribution in [1.29, 1.82) is 0 Å². The summed E-state index contributed by atoms with van der Waals surface area (Å²) in [5.41, 5.74) is 0.168. The Bertz CT molecular complexity index is 863. The number of hydrogen-bond donors (Lipinski definition) is 2. The zero-order valence-corrected chi connectivity index (χ0v) is 16.8. The number of esters is 1. The Labute approximate surface area is 173 Å². The SMILES string of the molecule is COC(=O)C1CC(C(=S)c2ccccc2)(C(=S)c2ccccc2)C(C(=O)O)N1. The average molecular weight is 414 g/mol. The van der Waals surface area contributed by atoms with E-state index in [9.17, 15) is 14.7 Å². The number of aliphatic carboxylic acids is 1. The molecule has 3 rings (SSSR count). The molecule has 2 N–H and O–H groups in total. The van der Waals surface area contributed by atoms with E-state index in [4.69, 9.17) is 29.2 Å². The van der Waals surface area contributed by atoms with Crippen LogP contribution in [0.3, 0.4) is 0 Å². The van der Waals surface area contributed by atoms with Crippen LogP contribution in [-0.4, -0.2) is 46.0 Å². The number of benzene rings is 2. The topological polar surface area (TPSA) is 75.6 Å². The van der Waals surface area contributed by atoms with E-state index in [0.717, 1.165) is 0 Å². The highest BCUT2D eigenvalue weighted by Crippen LogP contribution is 2.42. The molecule has 0 bridgehead atoms. The molecule has 2 aromatic carbocycles. The van der Waals surface area contributed by atoms with Gasteiger partial charge in [-0.15, -0.1) is 0 Å². The number of carboxylic acid groups (broad SMARTS) is 1. The maximum atomic E-state index is 12.2. The van der Waals surface area contributed by atoms with Crippen LogP contribution in [0, 0.1) is 5.41 Å². The first-order valence-electron chi connectivity index (χ1n) is 8.68. The number of rotatable bonds is 6. The van der Waals surface area contributed by atoms with Crippen molar-refractivity contribution in [2.24, 2.45) is 5.41 Å². The van der Waals surface area contributed by atoms with Crippen LogP contribution in [0.15, 0.2) is 60.7 Å². The largest absolute Gasteiger partial charge is 0.480 e. The third kappa shape index (κ3) is 3.48. The van der Waals surface area contributed by atoms with E-state index in [1.807, 2.05) is 60.7 Å². The van der Waals surface area contributed by atoms with Crippen LogP contribution in [0.25, 0.3) is 0 Å². The Morgan fingerprint density at radius 3 is 1.86 bits per heavy atom. The summed E-state index contributed by atoms with van der Waals surface area (Å²) < 4.78 is 4.85. The Hall–Kier alpha value is -2.48. The molecule has 7 heteroatoms. The minimum Gasteiger partial charge on any atom is -0.480 e. The van der Waals surface area contributed by atoms with Crippen LogP contribution in [0.4, 0.5) is 0 Å². The molecule has 0 aliphatic carbocycles. The molecule has 1 heterocycles. The van der Waals surface area contributed by atoms with Gasteiger partial charge >= 0.3 is 11.9 Å². The second-order valence-electron chi connectivity index (χ2n) is 6.58. The van der Waals surface area contributed by atoms with Gasteiger partial charge in [-0.25, -0.2) is 0 Å². The van der Waals surface area contributed by atoms with Crippen molar-refractivity contribution in [3.63, 3.8) is 0 Å². The minimum absolute atomic E-state index is 0.109. The normalized spacial score (nSPS) is 20.3. The first-order valence-corrected chi connectivity index (χ1v) is 9.50. The molecule has 2 aromatic rings.